The Kier molecular flexibility index (Phi) is 6.25. The fourth-order valence-corrected chi connectivity index (χ4v) is 7.42. The largest absolute Gasteiger partial charge is 0.497 e. The zero-order chi connectivity index (χ0) is 30.0. The van der Waals surface area contributed by atoms with Crippen molar-refractivity contribution in [1.29, 1.82) is 0 Å². The molecule has 3 aliphatic rings. The number of ketones is 3. The molecule has 1 aliphatic carbocycles. The Morgan fingerprint density at radius 2 is 1.58 bits per heavy atom. The molecule has 4 aromatic rings. The molecule has 6 nitrogen and oxygen atoms in total. The second-order valence-electron chi connectivity index (χ2n) is 10.9. The highest BCUT2D eigenvalue weighted by atomic mass is 35.5. The van der Waals surface area contributed by atoms with Gasteiger partial charge < -0.3 is 14.4 Å². The van der Waals surface area contributed by atoms with Gasteiger partial charge in [-0.25, -0.2) is 4.39 Å². The van der Waals surface area contributed by atoms with Gasteiger partial charge in [-0.1, -0.05) is 66.2 Å². The van der Waals surface area contributed by atoms with Crippen LogP contribution in [0.3, 0.4) is 0 Å². The highest BCUT2D eigenvalue weighted by Crippen LogP contribution is 2.62. The SMILES string of the molecule is COc1ccc(C2C(C(=O)c3ccccc3Cl)N3c4ccc(F)cc4C=CC3C23C(=O)c2ccccc2C3=O)c(OC)c1. The minimum absolute atomic E-state index is 0.240. The van der Waals surface area contributed by atoms with Crippen LogP contribution in [0.4, 0.5) is 10.1 Å². The van der Waals surface area contributed by atoms with Crippen LogP contribution in [0.25, 0.3) is 6.08 Å². The Morgan fingerprint density at radius 1 is 0.884 bits per heavy atom. The second-order valence-corrected chi connectivity index (χ2v) is 11.3. The summed E-state index contributed by atoms with van der Waals surface area (Å²) in [5.74, 6) is -1.73. The minimum Gasteiger partial charge on any atom is -0.497 e. The average molecular weight is 594 g/mol. The standard InChI is InChI=1S/C35H25ClFNO5/c1-42-21-13-14-25(28(18-21)43-2)30-31(32(39)24-9-5-6-10-26(24)36)38-27-15-12-20(37)17-19(27)11-16-29(38)35(30)33(40)22-7-3-4-8-23(22)34(35)41/h3-18,29-31H,1-2H3. The van der Waals surface area contributed by atoms with Crippen molar-refractivity contribution in [3.8, 4) is 11.5 Å². The van der Waals surface area contributed by atoms with Crippen LogP contribution in [-0.4, -0.2) is 43.7 Å². The van der Waals surface area contributed by atoms with Crippen LogP contribution >= 0.6 is 11.6 Å². The van der Waals surface area contributed by atoms with Crippen LogP contribution in [0, 0.1) is 11.2 Å². The third-order valence-corrected chi connectivity index (χ3v) is 9.28. The van der Waals surface area contributed by atoms with Gasteiger partial charge in [0, 0.05) is 45.5 Å². The summed E-state index contributed by atoms with van der Waals surface area (Å²) in [6.45, 7) is 0. The van der Waals surface area contributed by atoms with Crippen LogP contribution < -0.4 is 14.4 Å². The molecule has 4 aromatic carbocycles. The maximum atomic E-state index is 14.8. The molecule has 8 heteroatoms. The van der Waals surface area contributed by atoms with Gasteiger partial charge >= 0.3 is 0 Å². The fraction of sp³-hybridized carbons (Fsp3) is 0.171. The van der Waals surface area contributed by atoms with Gasteiger partial charge in [0.2, 0.25) is 0 Å². The first-order valence-corrected chi connectivity index (χ1v) is 14.2. The first-order valence-electron chi connectivity index (χ1n) is 13.8. The molecule has 43 heavy (non-hydrogen) atoms. The Hall–Kier alpha value is -4.75. The van der Waals surface area contributed by atoms with Gasteiger partial charge in [-0.2, -0.15) is 0 Å². The smallest absolute Gasteiger partial charge is 0.187 e. The zero-order valence-electron chi connectivity index (χ0n) is 23.2. The second kappa shape index (κ2) is 9.92. The molecule has 2 heterocycles. The molecule has 0 N–H and O–H groups in total. The highest BCUT2D eigenvalue weighted by Gasteiger charge is 2.72. The van der Waals surface area contributed by atoms with E-state index in [2.05, 4.69) is 0 Å². The molecular formula is C35H25ClFNO5. The predicted molar refractivity (Wildman–Crippen MR) is 161 cm³/mol. The molecule has 214 valence electrons. The number of hydrogen-bond donors (Lipinski definition) is 0. The van der Waals surface area contributed by atoms with Crippen molar-refractivity contribution in [1.82, 2.24) is 0 Å². The van der Waals surface area contributed by atoms with Gasteiger partial charge in [-0.15, -0.1) is 0 Å². The summed E-state index contributed by atoms with van der Waals surface area (Å²) >= 11 is 6.59. The molecule has 1 spiro atoms. The van der Waals surface area contributed by atoms with Crippen molar-refractivity contribution >= 4 is 40.7 Å². The number of carbonyl (C=O) groups is 3. The Morgan fingerprint density at radius 3 is 2.26 bits per heavy atom. The maximum Gasteiger partial charge on any atom is 0.187 e. The quantitative estimate of drug-likeness (QED) is 0.187. The molecule has 3 unspecified atom stereocenters. The zero-order valence-corrected chi connectivity index (χ0v) is 24.0. The van der Waals surface area contributed by atoms with Gasteiger partial charge in [0.25, 0.3) is 0 Å². The number of ether oxygens (including phenoxy) is 2. The van der Waals surface area contributed by atoms with Crippen LogP contribution in [0.15, 0.2) is 91.0 Å². The Bertz CT molecular complexity index is 1850. The van der Waals surface area contributed by atoms with E-state index >= 15 is 0 Å². The molecule has 0 radical (unpaired) electrons. The molecular weight excluding hydrogens is 569 g/mol. The normalized spacial score (nSPS) is 21.0. The van der Waals surface area contributed by atoms with E-state index in [-0.39, 0.29) is 27.9 Å². The molecule has 0 aromatic heterocycles. The van der Waals surface area contributed by atoms with Gasteiger partial charge in [0.15, 0.2) is 17.3 Å². The summed E-state index contributed by atoms with van der Waals surface area (Å²) in [5, 5.41) is 0.240. The van der Waals surface area contributed by atoms with Crippen LogP contribution in [0.2, 0.25) is 5.02 Å². The number of carbonyl (C=O) groups excluding carboxylic acids is 3. The highest BCUT2D eigenvalue weighted by molar-refractivity contribution is 6.35. The van der Waals surface area contributed by atoms with E-state index < -0.39 is 29.2 Å². The summed E-state index contributed by atoms with van der Waals surface area (Å²) in [7, 11) is 3.01. The van der Waals surface area contributed by atoms with E-state index in [4.69, 9.17) is 21.1 Å². The van der Waals surface area contributed by atoms with Crippen molar-refractivity contribution in [3.63, 3.8) is 0 Å². The topological polar surface area (TPSA) is 72.9 Å². The Labute approximate surface area is 252 Å². The summed E-state index contributed by atoms with van der Waals surface area (Å²) < 4.78 is 25.7. The van der Waals surface area contributed by atoms with E-state index in [9.17, 15) is 18.8 Å². The molecule has 3 atom stereocenters. The van der Waals surface area contributed by atoms with E-state index in [0.717, 1.165) is 0 Å². The van der Waals surface area contributed by atoms with Gasteiger partial charge in [-0.3, -0.25) is 14.4 Å². The van der Waals surface area contributed by atoms with Crippen molar-refractivity contribution in [3.05, 3.63) is 130 Å². The van der Waals surface area contributed by atoms with Crippen LogP contribution in [-0.2, 0) is 0 Å². The molecule has 1 saturated heterocycles. The first-order chi connectivity index (χ1) is 20.8. The third kappa shape index (κ3) is 3.67. The average Bonchev–Trinajstić information content (AvgIpc) is 3.46. The summed E-state index contributed by atoms with van der Waals surface area (Å²) in [6, 6.07) is 20.9. The number of rotatable bonds is 5. The lowest BCUT2D eigenvalue weighted by atomic mass is 9.64. The van der Waals surface area contributed by atoms with Crippen LogP contribution in [0.5, 0.6) is 11.5 Å². The number of methoxy groups -OCH3 is 2. The lowest BCUT2D eigenvalue weighted by Gasteiger charge is -2.37. The first kappa shape index (κ1) is 27.1. The molecule has 2 aliphatic heterocycles. The van der Waals surface area contributed by atoms with E-state index in [1.165, 1.54) is 26.4 Å². The number of benzene rings is 4. The van der Waals surface area contributed by atoms with Crippen molar-refractivity contribution in [2.24, 2.45) is 5.41 Å². The summed E-state index contributed by atoms with van der Waals surface area (Å²) in [4.78, 5) is 46.2. The van der Waals surface area contributed by atoms with E-state index in [0.29, 0.717) is 39.4 Å². The number of nitrogens with zero attached hydrogens (tertiary/aromatic N) is 1. The molecule has 0 amide bonds. The van der Waals surface area contributed by atoms with Crippen molar-refractivity contribution < 1.29 is 28.2 Å². The summed E-state index contributed by atoms with van der Waals surface area (Å²) in [5.41, 5.74) is 0.663. The van der Waals surface area contributed by atoms with Crippen LogP contribution in [0.1, 0.15) is 48.1 Å². The number of anilines is 1. The minimum atomic E-state index is -1.74. The van der Waals surface area contributed by atoms with E-state index in [1.807, 2.05) is 0 Å². The molecule has 1 fully saturated rings. The lowest BCUT2D eigenvalue weighted by molar-refractivity contribution is 0.0665. The number of fused-ring (bicyclic) bond motifs is 5. The van der Waals surface area contributed by atoms with Crippen molar-refractivity contribution in [2.75, 3.05) is 19.1 Å². The number of Topliss-reactive ketones (excluding diaryl/α,β-unsaturated/α-hetero) is 3. The fourth-order valence-electron chi connectivity index (χ4n) is 7.19. The molecule has 0 bridgehead atoms. The summed E-state index contributed by atoms with van der Waals surface area (Å²) in [6.07, 6.45) is 3.46. The molecule has 0 saturated carbocycles. The predicted octanol–water partition coefficient (Wildman–Crippen LogP) is 6.81. The third-order valence-electron chi connectivity index (χ3n) is 8.95. The van der Waals surface area contributed by atoms with Gasteiger partial charge in [0.1, 0.15) is 28.8 Å². The van der Waals surface area contributed by atoms with E-state index in [1.54, 1.807) is 89.8 Å². The number of hydrogen-bond acceptors (Lipinski definition) is 6. The Balaban J connectivity index is 1.58. The molecule has 7 rings (SSSR count). The maximum absolute atomic E-state index is 14.8. The van der Waals surface area contributed by atoms with Gasteiger partial charge in [-0.05, 0) is 36.4 Å². The number of halogens is 2. The monoisotopic (exact) mass is 593 g/mol. The van der Waals surface area contributed by atoms with Crippen molar-refractivity contribution in [2.45, 2.75) is 18.0 Å². The van der Waals surface area contributed by atoms with Gasteiger partial charge in [0.05, 0.1) is 25.3 Å². The lowest BCUT2D eigenvalue weighted by Crippen LogP contribution is -2.48.